The van der Waals surface area contributed by atoms with Crippen molar-refractivity contribution in [3.8, 4) is 0 Å². The van der Waals surface area contributed by atoms with Gasteiger partial charge >= 0.3 is 5.97 Å². The second kappa shape index (κ2) is 5.83. The van der Waals surface area contributed by atoms with Crippen molar-refractivity contribution in [2.24, 2.45) is 0 Å². The summed E-state index contributed by atoms with van der Waals surface area (Å²) in [6.45, 7) is 1.67. The summed E-state index contributed by atoms with van der Waals surface area (Å²) in [7, 11) is 0. The predicted octanol–water partition coefficient (Wildman–Crippen LogP) is 3.32. The summed E-state index contributed by atoms with van der Waals surface area (Å²) in [5.74, 6) is 0.191. The first-order valence-electron chi connectivity index (χ1n) is 6.71. The van der Waals surface area contributed by atoms with Crippen molar-refractivity contribution in [2.45, 2.75) is 25.3 Å². The van der Waals surface area contributed by atoms with E-state index in [0.29, 0.717) is 29.8 Å². The van der Waals surface area contributed by atoms with E-state index in [4.69, 9.17) is 33.0 Å². The Kier molecular flexibility index (Phi) is 4.06. The summed E-state index contributed by atoms with van der Waals surface area (Å²) in [6, 6.07) is 3.46. The average Bonchev–Trinajstić information content (AvgIpc) is 3.04. The topological polar surface area (TPSA) is 64.3 Å². The Morgan fingerprint density at radius 1 is 1.43 bits per heavy atom. The molecule has 7 heteroatoms. The zero-order chi connectivity index (χ0) is 15.0. The van der Waals surface area contributed by atoms with Gasteiger partial charge in [0, 0.05) is 19.1 Å². The molecule has 0 bridgehead atoms. The highest BCUT2D eigenvalue weighted by Crippen LogP contribution is 2.32. The molecule has 0 radical (unpaired) electrons. The van der Waals surface area contributed by atoms with Crippen molar-refractivity contribution < 1.29 is 14.6 Å². The van der Waals surface area contributed by atoms with E-state index in [-0.39, 0.29) is 12.3 Å². The highest BCUT2D eigenvalue weighted by atomic mass is 35.5. The van der Waals surface area contributed by atoms with Gasteiger partial charge in [-0.05, 0) is 18.6 Å². The van der Waals surface area contributed by atoms with Crippen LogP contribution in [0.4, 0.5) is 0 Å². The van der Waals surface area contributed by atoms with Crippen molar-refractivity contribution in [3.63, 3.8) is 0 Å². The highest BCUT2D eigenvalue weighted by Gasteiger charge is 2.25. The molecular formula is C14H14Cl2N2O3. The van der Waals surface area contributed by atoms with E-state index in [1.165, 1.54) is 0 Å². The van der Waals surface area contributed by atoms with Crippen LogP contribution in [0.15, 0.2) is 12.1 Å². The van der Waals surface area contributed by atoms with Crippen LogP contribution in [0.3, 0.4) is 0 Å². The standard InChI is InChI=1S/C14H14Cl2N2O3/c15-9-5-11-12(6-10(9)16)18(3-1-13(19)20)14(17-11)8-2-4-21-7-8/h5-6,8H,1-4,7H2,(H,19,20). The number of aliphatic carboxylic acids is 1. The van der Waals surface area contributed by atoms with Gasteiger partial charge < -0.3 is 14.4 Å². The van der Waals surface area contributed by atoms with E-state index >= 15 is 0 Å². The van der Waals surface area contributed by atoms with Crippen LogP contribution in [0.1, 0.15) is 24.6 Å². The third kappa shape index (κ3) is 2.86. The summed E-state index contributed by atoms with van der Waals surface area (Å²) < 4.78 is 7.34. The van der Waals surface area contributed by atoms with Gasteiger partial charge in [0.05, 0.1) is 34.1 Å². The van der Waals surface area contributed by atoms with Crippen LogP contribution in [-0.2, 0) is 16.1 Å². The quantitative estimate of drug-likeness (QED) is 0.934. The van der Waals surface area contributed by atoms with E-state index in [1.54, 1.807) is 12.1 Å². The molecule has 112 valence electrons. The molecule has 1 aromatic heterocycles. The first-order chi connectivity index (χ1) is 10.1. The van der Waals surface area contributed by atoms with Gasteiger partial charge in [0.2, 0.25) is 0 Å². The number of rotatable bonds is 4. The van der Waals surface area contributed by atoms with Gasteiger partial charge in [0.25, 0.3) is 0 Å². The van der Waals surface area contributed by atoms with Crippen molar-refractivity contribution in [1.29, 1.82) is 0 Å². The van der Waals surface area contributed by atoms with Gasteiger partial charge in [0.1, 0.15) is 5.82 Å². The van der Waals surface area contributed by atoms with Crippen molar-refractivity contribution in [3.05, 3.63) is 28.0 Å². The van der Waals surface area contributed by atoms with Gasteiger partial charge in [-0.15, -0.1) is 0 Å². The Balaban J connectivity index is 2.10. The number of benzene rings is 1. The smallest absolute Gasteiger partial charge is 0.305 e. The van der Waals surface area contributed by atoms with Gasteiger partial charge in [-0.3, -0.25) is 4.79 Å². The lowest BCUT2D eigenvalue weighted by atomic mass is 10.1. The second-order valence-corrected chi connectivity index (χ2v) is 5.90. The molecule has 1 unspecified atom stereocenters. The number of aryl methyl sites for hydroxylation is 1. The van der Waals surface area contributed by atoms with Crippen LogP contribution < -0.4 is 0 Å². The van der Waals surface area contributed by atoms with Crippen LogP contribution in [0.5, 0.6) is 0 Å². The molecule has 2 heterocycles. The fourth-order valence-electron chi connectivity index (χ4n) is 2.63. The number of hydrogen-bond donors (Lipinski definition) is 1. The summed E-state index contributed by atoms with van der Waals surface area (Å²) in [5.41, 5.74) is 1.55. The van der Waals surface area contributed by atoms with E-state index < -0.39 is 5.97 Å². The first kappa shape index (κ1) is 14.6. The number of aromatic nitrogens is 2. The number of nitrogens with zero attached hydrogens (tertiary/aromatic N) is 2. The molecule has 1 fully saturated rings. The molecule has 0 amide bonds. The average molecular weight is 329 g/mol. The summed E-state index contributed by atoms with van der Waals surface area (Å²) in [5, 5.41) is 9.82. The fourth-order valence-corrected chi connectivity index (χ4v) is 2.95. The molecule has 1 saturated heterocycles. The molecular weight excluding hydrogens is 315 g/mol. The van der Waals surface area contributed by atoms with Gasteiger partial charge in [-0.25, -0.2) is 4.98 Å². The molecule has 0 aliphatic carbocycles. The predicted molar refractivity (Wildman–Crippen MR) is 80.2 cm³/mol. The van der Waals surface area contributed by atoms with E-state index in [1.807, 2.05) is 4.57 Å². The van der Waals surface area contributed by atoms with Crippen molar-refractivity contribution >= 4 is 40.2 Å². The number of halogens is 2. The van der Waals surface area contributed by atoms with Gasteiger partial charge in [-0.1, -0.05) is 23.2 Å². The van der Waals surface area contributed by atoms with Gasteiger partial charge in [0.15, 0.2) is 0 Å². The maximum absolute atomic E-state index is 10.9. The van der Waals surface area contributed by atoms with Crippen LogP contribution in [0.25, 0.3) is 11.0 Å². The molecule has 5 nitrogen and oxygen atoms in total. The normalized spacial score (nSPS) is 18.5. The first-order valence-corrected chi connectivity index (χ1v) is 7.46. The molecule has 0 saturated carbocycles. The molecule has 1 aromatic carbocycles. The Morgan fingerprint density at radius 2 is 2.19 bits per heavy atom. The molecule has 1 N–H and O–H groups in total. The van der Waals surface area contributed by atoms with Crippen LogP contribution >= 0.6 is 23.2 Å². The summed E-state index contributed by atoms with van der Waals surface area (Å²) in [6.07, 6.45) is 0.921. The Hall–Kier alpha value is -1.30. The Bertz CT molecular complexity index is 693. The van der Waals surface area contributed by atoms with E-state index in [9.17, 15) is 4.79 Å². The minimum absolute atomic E-state index is 0.0340. The van der Waals surface area contributed by atoms with Gasteiger partial charge in [-0.2, -0.15) is 0 Å². The number of hydrogen-bond acceptors (Lipinski definition) is 3. The Labute approximate surface area is 131 Å². The van der Waals surface area contributed by atoms with E-state index in [0.717, 1.165) is 23.3 Å². The number of carbonyl (C=O) groups is 1. The second-order valence-electron chi connectivity index (χ2n) is 5.08. The number of carboxylic acid groups (broad SMARTS) is 1. The lowest BCUT2D eigenvalue weighted by molar-refractivity contribution is -0.137. The highest BCUT2D eigenvalue weighted by molar-refractivity contribution is 6.42. The molecule has 1 atom stereocenters. The minimum Gasteiger partial charge on any atom is -0.481 e. The monoisotopic (exact) mass is 328 g/mol. The van der Waals surface area contributed by atoms with Crippen molar-refractivity contribution in [2.75, 3.05) is 13.2 Å². The molecule has 1 aliphatic heterocycles. The van der Waals surface area contributed by atoms with Crippen LogP contribution in [-0.4, -0.2) is 33.8 Å². The van der Waals surface area contributed by atoms with Crippen LogP contribution in [0.2, 0.25) is 10.0 Å². The van der Waals surface area contributed by atoms with Crippen molar-refractivity contribution in [1.82, 2.24) is 9.55 Å². The number of carboxylic acids is 1. The summed E-state index contributed by atoms with van der Waals surface area (Å²) in [4.78, 5) is 15.5. The largest absolute Gasteiger partial charge is 0.481 e. The maximum Gasteiger partial charge on any atom is 0.305 e. The lowest BCUT2D eigenvalue weighted by Gasteiger charge is -2.11. The zero-order valence-electron chi connectivity index (χ0n) is 11.2. The third-order valence-corrected chi connectivity index (χ3v) is 4.39. The Morgan fingerprint density at radius 3 is 2.86 bits per heavy atom. The number of imidazole rings is 1. The summed E-state index contributed by atoms with van der Waals surface area (Å²) >= 11 is 12.1. The van der Waals surface area contributed by atoms with Crippen LogP contribution in [0, 0.1) is 0 Å². The zero-order valence-corrected chi connectivity index (χ0v) is 12.7. The molecule has 1 aliphatic rings. The molecule has 0 spiro atoms. The number of ether oxygens (including phenoxy) is 1. The maximum atomic E-state index is 10.9. The number of fused-ring (bicyclic) bond motifs is 1. The fraction of sp³-hybridized carbons (Fsp3) is 0.429. The van der Waals surface area contributed by atoms with E-state index in [2.05, 4.69) is 4.98 Å². The third-order valence-electron chi connectivity index (χ3n) is 3.66. The molecule has 21 heavy (non-hydrogen) atoms. The lowest BCUT2D eigenvalue weighted by Crippen LogP contribution is -2.12. The molecule has 3 rings (SSSR count). The SMILES string of the molecule is O=C(O)CCn1c(C2CCOC2)nc2cc(Cl)c(Cl)cc21. The molecule has 2 aromatic rings. The minimum atomic E-state index is -0.842.